The predicted molar refractivity (Wildman–Crippen MR) is 112 cm³/mol. The lowest BCUT2D eigenvalue weighted by atomic mass is 9.94. The Morgan fingerprint density at radius 3 is 2.40 bits per heavy atom. The van der Waals surface area contributed by atoms with Gasteiger partial charge in [-0.05, 0) is 64.2 Å². The van der Waals surface area contributed by atoms with Crippen molar-refractivity contribution in [2.45, 2.75) is 58.1 Å². The van der Waals surface area contributed by atoms with Crippen LogP contribution >= 0.6 is 0 Å². The summed E-state index contributed by atoms with van der Waals surface area (Å²) in [5.41, 5.74) is 0.604. The van der Waals surface area contributed by atoms with Crippen LogP contribution in [-0.2, 0) is 9.53 Å². The number of hydrogen-bond donors (Lipinski definition) is 0. The molecule has 0 aliphatic carbocycles. The molecular formula is C23H32N2O5. The van der Waals surface area contributed by atoms with E-state index in [1.54, 1.807) is 4.90 Å². The second-order valence-electron chi connectivity index (χ2n) is 9.33. The van der Waals surface area contributed by atoms with Crippen LogP contribution in [0.2, 0.25) is 0 Å². The van der Waals surface area contributed by atoms with Gasteiger partial charge in [-0.2, -0.15) is 0 Å². The number of amides is 2. The minimum absolute atomic E-state index is 0.0403. The Hall–Kier alpha value is -2.44. The molecule has 1 unspecified atom stereocenters. The van der Waals surface area contributed by atoms with Gasteiger partial charge in [-0.1, -0.05) is 6.07 Å². The Morgan fingerprint density at radius 1 is 1.00 bits per heavy atom. The van der Waals surface area contributed by atoms with E-state index in [1.807, 2.05) is 37.8 Å². The van der Waals surface area contributed by atoms with Gasteiger partial charge in [-0.15, -0.1) is 0 Å². The van der Waals surface area contributed by atoms with E-state index in [4.69, 9.17) is 14.2 Å². The van der Waals surface area contributed by atoms with Crippen LogP contribution < -0.4 is 9.47 Å². The van der Waals surface area contributed by atoms with Gasteiger partial charge < -0.3 is 24.0 Å². The Labute approximate surface area is 178 Å². The molecule has 0 N–H and O–H groups in total. The van der Waals surface area contributed by atoms with E-state index in [9.17, 15) is 9.59 Å². The van der Waals surface area contributed by atoms with Crippen LogP contribution in [-0.4, -0.2) is 60.2 Å². The van der Waals surface area contributed by atoms with Gasteiger partial charge in [-0.3, -0.25) is 4.79 Å². The SMILES string of the molecule is CC(C)(C)OC(=O)N1CCC(C(=O)N2CCCC2c2ccc3c(c2)OCCO3)CC1. The zero-order valence-electron chi connectivity index (χ0n) is 18.2. The molecular weight excluding hydrogens is 384 g/mol. The van der Waals surface area contributed by atoms with E-state index < -0.39 is 5.60 Å². The zero-order chi connectivity index (χ0) is 21.3. The van der Waals surface area contributed by atoms with E-state index in [0.717, 1.165) is 36.4 Å². The van der Waals surface area contributed by atoms with Crippen molar-refractivity contribution in [3.8, 4) is 11.5 Å². The summed E-state index contributed by atoms with van der Waals surface area (Å²) < 4.78 is 16.8. The van der Waals surface area contributed by atoms with Crippen LogP contribution in [0.3, 0.4) is 0 Å². The lowest BCUT2D eigenvalue weighted by Crippen LogP contribution is -2.45. The van der Waals surface area contributed by atoms with Crippen molar-refractivity contribution in [2.24, 2.45) is 5.92 Å². The number of carbonyl (C=O) groups is 2. The number of piperidine rings is 1. The summed E-state index contributed by atoms with van der Waals surface area (Å²) in [7, 11) is 0. The summed E-state index contributed by atoms with van der Waals surface area (Å²) in [4.78, 5) is 29.3. The van der Waals surface area contributed by atoms with Gasteiger partial charge in [0, 0.05) is 25.6 Å². The molecule has 3 heterocycles. The summed E-state index contributed by atoms with van der Waals surface area (Å²) in [6, 6.07) is 6.10. The van der Waals surface area contributed by atoms with Gasteiger partial charge in [-0.25, -0.2) is 4.79 Å². The van der Waals surface area contributed by atoms with Crippen LogP contribution in [0, 0.1) is 5.92 Å². The third kappa shape index (κ3) is 4.50. The third-order valence-electron chi connectivity index (χ3n) is 5.98. The minimum Gasteiger partial charge on any atom is -0.486 e. The number of benzene rings is 1. The van der Waals surface area contributed by atoms with Crippen LogP contribution in [0.1, 0.15) is 58.1 Å². The highest BCUT2D eigenvalue weighted by molar-refractivity contribution is 5.80. The fraction of sp³-hybridized carbons (Fsp3) is 0.652. The van der Waals surface area contributed by atoms with E-state index >= 15 is 0 Å². The molecule has 4 rings (SSSR count). The quantitative estimate of drug-likeness (QED) is 0.734. The summed E-state index contributed by atoms with van der Waals surface area (Å²) in [6.45, 7) is 8.64. The van der Waals surface area contributed by atoms with Crippen molar-refractivity contribution in [1.29, 1.82) is 0 Å². The molecule has 3 aliphatic rings. The minimum atomic E-state index is -0.504. The Morgan fingerprint density at radius 2 is 1.70 bits per heavy atom. The lowest BCUT2D eigenvalue weighted by molar-refractivity contribution is -0.138. The first-order valence-electron chi connectivity index (χ1n) is 11.0. The Balaban J connectivity index is 1.38. The van der Waals surface area contributed by atoms with Gasteiger partial charge >= 0.3 is 6.09 Å². The highest BCUT2D eigenvalue weighted by atomic mass is 16.6. The van der Waals surface area contributed by atoms with E-state index in [0.29, 0.717) is 39.1 Å². The Bertz CT molecular complexity index is 795. The topological polar surface area (TPSA) is 68.3 Å². The highest BCUT2D eigenvalue weighted by Gasteiger charge is 2.37. The number of fused-ring (bicyclic) bond motifs is 1. The first-order chi connectivity index (χ1) is 14.3. The molecule has 1 atom stereocenters. The molecule has 1 aromatic carbocycles. The maximum absolute atomic E-state index is 13.3. The third-order valence-corrected chi connectivity index (χ3v) is 5.98. The summed E-state index contributed by atoms with van der Waals surface area (Å²) >= 11 is 0. The van der Waals surface area contributed by atoms with Gasteiger partial charge in [0.05, 0.1) is 6.04 Å². The molecule has 3 aliphatic heterocycles. The van der Waals surface area contributed by atoms with Gasteiger partial charge in [0.25, 0.3) is 0 Å². The lowest BCUT2D eigenvalue weighted by Gasteiger charge is -2.35. The summed E-state index contributed by atoms with van der Waals surface area (Å²) in [5.74, 6) is 1.71. The second-order valence-corrected chi connectivity index (χ2v) is 9.33. The van der Waals surface area contributed by atoms with Crippen molar-refractivity contribution in [3.05, 3.63) is 23.8 Å². The molecule has 0 saturated carbocycles. The number of carbonyl (C=O) groups excluding carboxylic acids is 2. The molecule has 1 aromatic rings. The maximum atomic E-state index is 13.3. The molecule has 2 fully saturated rings. The first-order valence-corrected chi connectivity index (χ1v) is 11.0. The number of likely N-dealkylation sites (tertiary alicyclic amines) is 2. The van der Waals surface area contributed by atoms with Crippen molar-refractivity contribution < 1.29 is 23.8 Å². The molecule has 2 saturated heterocycles. The van der Waals surface area contributed by atoms with Crippen LogP contribution in [0.5, 0.6) is 11.5 Å². The van der Waals surface area contributed by atoms with Crippen molar-refractivity contribution in [2.75, 3.05) is 32.8 Å². The molecule has 2 amide bonds. The number of rotatable bonds is 2. The molecule has 0 radical (unpaired) electrons. The van der Waals surface area contributed by atoms with Crippen LogP contribution in [0.25, 0.3) is 0 Å². The van der Waals surface area contributed by atoms with E-state index in [1.165, 1.54) is 0 Å². The van der Waals surface area contributed by atoms with E-state index in [-0.39, 0.29) is 24.0 Å². The number of ether oxygens (including phenoxy) is 3. The Kier molecular flexibility index (Phi) is 5.80. The molecule has 7 nitrogen and oxygen atoms in total. The van der Waals surface area contributed by atoms with Gasteiger partial charge in [0.2, 0.25) is 5.91 Å². The summed E-state index contributed by atoms with van der Waals surface area (Å²) in [5, 5.41) is 0. The molecule has 164 valence electrons. The molecule has 0 spiro atoms. The smallest absolute Gasteiger partial charge is 0.410 e. The summed E-state index contributed by atoms with van der Waals surface area (Å²) in [6.07, 6.45) is 3.04. The second kappa shape index (κ2) is 8.36. The van der Waals surface area contributed by atoms with Gasteiger partial charge in [0.15, 0.2) is 11.5 Å². The van der Waals surface area contributed by atoms with Crippen LogP contribution in [0.15, 0.2) is 18.2 Å². The highest BCUT2D eigenvalue weighted by Crippen LogP contribution is 2.39. The number of nitrogens with zero attached hydrogens (tertiary/aromatic N) is 2. The van der Waals surface area contributed by atoms with Crippen molar-refractivity contribution in [3.63, 3.8) is 0 Å². The monoisotopic (exact) mass is 416 g/mol. The zero-order valence-corrected chi connectivity index (χ0v) is 18.2. The predicted octanol–water partition coefficient (Wildman–Crippen LogP) is 3.77. The fourth-order valence-corrected chi connectivity index (χ4v) is 4.51. The van der Waals surface area contributed by atoms with Crippen molar-refractivity contribution >= 4 is 12.0 Å². The molecule has 0 bridgehead atoms. The fourth-order valence-electron chi connectivity index (χ4n) is 4.51. The largest absolute Gasteiger partial charge is 0.486 e. The average molecular weight is 417 g/mol. The normalized spacial score (nSPS) is 22.2. The standard InChI is InChI=1S/C23H32N2O5/c1-23(2,3)30-22(27)24-11-8-16(9-12-24)21(26)25-10-4-5-18(25)17-6-7-19-20(15-17)29-14-13-28-19/h6-7,15-16,18H,4-5,8-14H2,1-3H3. The maximum Gasteiger partial charge on any atom is 0.410 e. The number of hydrogen-bond acceptors (Lipinski definition) is 5. The molecule has 30 heavy (non-hydrogen) atoms. The first kappa shape index (κ1) is 20.8. The van der Waals surface area contributed by atoms with Crippen LogP contribution in [0.4, 0.5) is 4.79 Å². The molecule has 0 aromatic heterocycles. The van der Waals surface area contributed by atoms with E-state index in [2.05, 4.69) is 6.07 Å². The average Bonchev–Trinajstić information content (AvgIpc) is 3.21. The van der Waals surface area contributed by atoms with Crippen molar-refractivity contribution in [1.82, 2.24) is 9.80 Å². The van der Waals surface area contributed by atoms with Gasteiger partial charge in [0.1, 0.15) is 18.8 Å². The molecule has 7 heteroatoms.